The molecule has 0 spiro atoms. The smallest absolute Gasteiger partial charge is 0.227 e. The molecular formula is C15H13ClN2O. The lowest BCUT2D eigenvalue weighted by Crippen LogP contribution is -2.04. The van der Waals surface area contributed by atoms with E-state index in [0.717, 1.165) is 23.2 Å². The average molecular weight is 273 g/mol. The molecule has 1 N–H and O–H groups in total. The molecular weight excluding hydrogens is 260 g/mol. The number of hydrogen-bond acceptors (Lipinski definition) is 3. The summed E-state index contributed by atoms with van der Waals surface area (Å²) in [6.45, 7) is 0.819. The number of benzene rings is 2. The summed E-state index contributed by atoms with van der Waals surface area (Å²) >= 11 is 5.88. The molecule has 0 saturated carbocycles. The predicted octanol–water partition coefficient (Wildman–Crippen LogP) is 3.87. The van der Waals surface area contributed by atoms with E-state index in [1.807, 2.05) is 49.5 Å². The zero-order chi connectivity index (χ0) is 13.2. The fourth-order valence-electron chi connectivity index (χ4n) is 2.00. The predicted molar refractivity (Wildman–Crippen MR) is 77.2 cm³/mol. The highest BCUT2D eigenvalue weighted by molar-refractivity contribution is 6.30. The van der Waals surface area contributed by atoms with Crippen LogP contribution >= 0.6 is 11.6 Å². The summed E-state index contributed by atoms with van der Waals surface area (Å²) in [6.07, 6.45) is 0. The summed E-state index contributed by atoms with van der Waals surface area (Å²) in [6, 6.07) is 13.5. The molecule has 1 heterocycles. The molecule has 2 aromatic carbocycles. The second kappa shape index (κ2) is 5.03. The van der Waals surface area contributed by atoms with Gasteiger partial charge in [-0.25, -0.2) is 4.98 Å². The first-order valence-electron chi connectivity index (χ1n) is 6.06. The van der Waals surface area contributed by atoms with E-state index >= 15 is 0 Å². The molecule has 4 heteroatoms. The van der Waals surface area contributed by atoms with Gasteiger partial charge in [0.25, 0.3) is 0 Å². The van der Waals surface area contributed by atoms with Gasteiger partial charge < -0.3 is 9.73 Å². The zero-order valence-electron chi connectivity index (χ0n) is 10.5. The van der Waals surface area contributed by atoms with E-state index in [2.05, 4.69) is 10.3 Å². The first-order valence-corrected chi connectivity index (χ1v) is 6.44. The van der Waals surface area contributed by atoms with Crippen LogP contribution in [-0.4, -0.2) is 12.0 Å². The molecule has 0 aliphatic carbocycles. The van der Waals surface area contributed by atoms with Gasteiger partial charge >= 0.3 is 0 Å². The lowest BCUT2D eigenvalue weighted by Gasteiger charge is -1.97. The molecule has 3 aromatic rings. The van der Waals surface area contributed by atoms with Crippen LogP contribution in [0.4, 0.5) is 0 Å². The Morgan fingerprint density at radius 3 is 2.68 bits per heavy atom. The number of aromatic nitrogens is 1. The standard InChI is InChI=1S/C15H13ClN2O/c1-17-9-10-2-7-14-13(8-10)18-15(19-14)11-3-5-12(16)6-4-11/h2-8,17H,9H2,1H3. The van der Waals surface area contributed by atoms with Crippen molar-refractivity contribution in [2.45, 2.75) is 6.54 Å². The van der Waals surface area contributed by atoms with Crippen molar-refractivity contribution in [3.05, 3.63) is 53.1 Å². The second-order valence-electron chi connectivity index (χ2n) is 4.36. The van der Waals surface area contributed by atoms with E-state index in [1.165, 1.54) is 5.56 Å². The molecule has 19 heavy (non-hydrogen) atoms. The zero-order valence-corrected chi connectivity index (χ0v) is 11.2. The van der Waals surface area contributed by atoms with Crippen LogP contribution < -0.4 is 5.32 Å². The molecule has 1 aromatic heterocycles. The molecule has 0 aliphatic heterocycles. The molecule has 0 atom stereocenters. The highest BCUT2D eigenvalue weighted by Crippen LogP contribution is 2.25. The van der Waals surface area contributed by atoms with Crippen molar-refractivity contribution in [3.8, 4) is 11.5 Å². The van der Waals surface area contributed by atoms with Gasteiger partial charge in [0, 0.05) is 17.1 Å². The van der Waals surface area contributed by atoms with E-state index in [9.17, 15) is 0 Å². The monoisotopic (exact) mass is 272 g/mol. The van der Waals surface area contributed by atoms with Crippen molar-refractivity contribution in [3.63, 3.8) is 0 Å². The Hall–Kier alpha value is -1.84. The highest BCUT2D eigenvalue weighted by Gasteiger charge is 2.08. The molecule has 3 rings (SSSR count). The summed E-state index contributed by atoms with van der Waals surface area (Å²) in [5.41, 5.74) is 3.78. The third kappa shape index (κ3) is 2.48. The highest BCUT2D eigenvalue weighted by atomic mass is 35.5. The number of oxazole rings is 1. The number of fused-ring (bicyclic) bond motifs is 1. The Morgan fingerprint density at radius 1 is 1.16 bits per heavy atom. The average Bonchev–Trinajstić information content (AvgIpc) is 2.83. The van der Waals surface area contributed by atoms with Crippen LogP contribution in [0.3, 0.4) is 0 Å². The van der Waals surface area contributed by atoms with Gasteiger partial charge in [-0.15, -0.1) is 0 Å². The number of halogens is 1. The Balaban J connectivity index is 2.03. The van der Waals surface area contributed by atoms with Crippen molar-refractivity contribution in [1.82, 2.24) is 10.3 Å². The van der Waals surface area contributed by atoms with E-state index in [0.29, 0.717) is 10.9 Å². The maximum atomic E-state index is 5.88. The summed E-state index contributed by atoms with van der Waals surface area (Å²) < 4.78 is 5.75. The lowest BCUT2D eigenvalue weighted by atomic mass is 10.2. The SMILES string of the molecule is CNCc1ccc2oc(-c3ccc(Cl)cc3)nc2c1. The van der Waals surface area contributed by atoms with Gasteiger partial charge in [-0.3, -0.25) is 0 Å². The van der Waals surface area contributed by atoms with Gasteiger partial charge in [0.2, 0.25) is 5.89 Å². The van der Waals surface area contributed by atoms with Crippen LogP contribution in [0.15, 0.2) is 46.9 Å². The van der Waals surface area contributed by atoms with E-state index in [-0.39, 0.29) is 0 Å². The van der Waals surface area contributed by atoms with E-state index < -0.39 is 0 Å². The molecule has 96 valence electrons. The van der Waals surface area contributed by atoms with Crippen LogP contribution in [-0.2, 0) is 6.54 Å². The Kier molecular flexibility index (Phi) is 3.23. The minimum absolute atomic E-state index is 0.619. The number of hydrogen-bond donors (Lipinski definition) is 1. The van der Waals surface area contributed by atoms with Crippen LogP contribution in [0.1, 0.15) is 5.56 Å². The largest absolute Gasteiger partial charge is 0.436 e. The minimum atomic E-state index is 0.619. The summed E-state index contributed by atoms with van der Waals surface area (Å²) in [5.74, 6) is 0.619. The fraction of sp³-hybridized carbons (Fsp3) is 0.133. The van der Waals surface area contributed by atoms with Crippen molar-refractivity contribution >= 4 is 22.7 Å². The third-order valence-electron chi connectivity index (χ3n) is 2.92. The van der Waals surface area contributed by atoms with Gasteiger partial charge in [0.15, 0.2) is 5.58 Å². The van der Waals surface area contributed by atoms with Gasteiger partial charge in [0.1, 0.15) is 5.52 Å². The first-order chi connectivity index (χ1) is 9.26. The normalized spacial score (nSPS) is 11.1. The maximum Gasteiger partial charge on any atom is 0.227 e. The summed E-state index contributed by atoms with van der Waals surface area (Å²) in [4.78, 5) is 4.52. The number of rotatable bonds is 3. The maximum absolute atomic E-state index is 5.88. The molecule has 0 aliphatic rings. The van der Waals surface area contributed by atoms with Gasteiger partial charge in [-0.1, -0.05) is 17.7 Å². The minimum Gasteiger partial charge on any atom is -0.436 e. The fourth-order valence-corrected chi connectivity index (χ4v) is 2.13. The molecule has 0 bridgehead atoms. The van der Waals surface area contributed by atoms with Gasteiger partial charge in [0.05, 0.1) is 0 Å². The van der Waals surface area contributed by atoms with Crippen molar-refractivity contribution in [2.24, 2.45) is 0 Å². The molecule has 0 radical (unpaired) electrons. The molecule has 0 amide bonds. The first kappa shape index (κ1) is 12.2. The van der Waals surface area contributed by atoms with Gasteiger partial charge in [-0.05, 0) is 49.0 Å². The molecule has 0 unspecified atom stereocenters. The van der Waals surface area contributed by atoms with E-state index in [4.69, 9.17) is 16.0 Å². The van der Waals surface area contributed by atoms with Crippen LogP contribution in [0.2, 0.25) is 5.02 Å². The van der Waals surface area contributed by atoms with E-state index in [1.54, 1.807) is 0 Å². The third-order valence-corrected chi connectivity index (χ3v) is 3.18. The Labute approximate surface area is 116 Å². The van der Waals surface area contributed by atoms with Crippen LogP contribution in [0, 0.1) is 0 Å². The number of nitrogens with zero attached hydrogens (tertiary/aromatic N) is 1. The van der Waals surface area contributed by atoms with Crippen molar-refractivity contribution < 1.29 is 4.42 Å². The number of nitrogens with one attached hydrogen (secondary N) is 1. The van der Waals surface area contributed by atoms with Crippen LogP contribution in [0.25, 0.3) is 22.6 Å². The molecule has 3 nitrogen and oxygen atoms in total. The van der Waals surface area contributed by atoms with Crippen molar-refractivity contribution in [1.29, 1.82) is 0 Å². The Morgan fingerprint density at radius 2 is 1.95 bits per heavy atom. The molecule has 0 saturated heterocycles. The second-order valence-corrected chi connectivity index (χ2v) is 4.79. The summed E-state index contributed by atoms with van der Waals surface area (Å²) in [5, 5.41) is 3.83. The van der Waals surface area contributed by atoms with Crippen molar-refractivity contribution in [2.75, 3.05) is 7.05 Å². The quantitative estimate of drug-likeness (QED) is 0.787. The Bertz CT molecular complexity index is 704. The summed E-state index contributed by atoms with van der Waals surface area (Å²) in [7, 11) is 1.92. The topological polar surface area (TPSA) is 38.1 Å². The molecule has 0 fully saturated rings. The lowest BCUT2D eigenvalue weighted by molar-refractivity contribution is 0.619. The van der Waals surface area contributed by atoms with Crippen LogP contribution in [0.5, 0.6) is 0 Å². The van der Waals surface area contributed by atoms with Gasteiger partial charge in [-0.2, -0.15) is 0 Å².